The number of nitrogens with one attached hydrogen (secondary N) is 1. The minimum atomic E-state index is -3.29. The minimum absolute atomic E-state index is 0.100. The third-order valence-electron chi connectivity index (χ3n) is 7.13. The Balaban J connectivity index is 1.90. The third kappa shape index (κ3) is 7.83. The number of ether oxygens (including phenoxy) is 1. The van der Waals surface area contributed by atoms with Gasteiger partial charge in [-0.15, -0.1) is 5.06 Å². The normalized spacial score (nSPS) is 26.3. The molecule has 5 atom stereocenters. The summed E-state index contributed by atoms with van der Waals surface area (Å²) in [5.74, 6) is -3.24. The fraction of sp³-hybridized carbons (Fsp3) is 0.840. The Morgan fingerprint density at radius 3 is 2.05 bits per heavy atom. The van der Waals surface area contributed by atoms with E-state index in [1.54, 1.807) is 22.6 Å². The Morgan fingerprint density at radius 2 is 1.55 bits per heavy atom. The minimum Gasteiger partial charge on any atom is -0.394 e. The van der Waals surface area contributed by atoms with Crippen molar-refractivity contribution in [1.29, 1.82) is 0 Å². The largest absolute Gasteiger partial charge is 0.394 e. The Hall–Kier alpha value is -0.940. The smallest absolute Gasteiger partial charge is 0.332 e. The van der Waals surface area contributed by atoms with Gasteiger partial charge in [-0.05, 0) is 35.4 Å². The van der Waals surface area contributed by atoms with E-state index >= 15 is 4.39 Å². The first-order chi connectivity index (χ1) is 18.0. The summed E-state index contributed by atoms with van der Waals surface area (Å²) in [7, 11) is 0. The number of halogens is 2. The number of aliphatic hydroxyl groups excluding tert-OH is 2. The number of aromatic nitrogens is 2. The fourth-order valence-electron chi connectivity index (χ4n) is 4.81. The predicted octanol–water partition coefficient (Wildman–Crippen LogP) is 2.65. The van der Waals surface area contributed by atoms with E-state index in [4.69, 9.17) is 4.74 Å². The van der Waals surface area contributed by atoms with E-state index < -0.39 is 48.0 Å². The number of hydrogen-bond acceptors (Lipinski definition) is 9. The lowest BCUT2D eigenvalue weighted by Gasteiger charge is -2.43. The molecular formula is C25H43FIN3O8. The highest BCUT2D eigenvalue weighted by Gasteiger charge is 2.71. The van der Waals surface area contributed by atoms with E-state index in [-0.39, 0.29) is 15.1 Å². The Labute approximate surface area is 235 Å². The SMILES string of the molecule is CCCCCCCCCCCCCCCC(F)N(O)[C@@]1(O)[C@H](O)[C@@H](CO)O[C@]1(O)n1cc(I)c(=O)[nH]c1=O. The highest BCUT2D eigenvalue weighted by atomic mass is 127. The molecule has 0 amide bonds. The van der Waals surface area contributed by atoms with Crippen molar-refractivity contribution < 1.29 is 34.8 Å². The number of aliphatic hydroxyl groups is 4. The lowest BCUT2D eigenvalue weighted by Crippen LogP contribution is -2.69. The lowest BCUT2D eigenvalue weighted by atomic mass is 9.99. The molecule has 6 N–H and O–H groups in total. The van der Waals surface area contributed by atoms with Crippen LogP contribution in [-0.4, -0.2) is 71.1 Å². The summed E-state index contributed by atoms with van der Waals surface area (Å²) in [6.45, 7) is 1.28. The van der Waals surface area contributed by atoms with Crippen molar-refractivity contribution in [3.63, 3.8) is 0 Å². The first-order valence-electron chi connectivity index (χ1n) is 13.6. The Morgan fingerprint density at radius 1 is 1.05 bits per heavy atom. The fourth-order valence-corrected chi connectivity index (χ4v) is 5.22. The van der Waals surface area contributed by atoms with E-state index in [0.717, 1.165) is 25.5 Å². The maximum Gasteiger partial charge on any atom is 0.332 e. The van der Waals surface area contributed by atoms with Crippen molar-refractivity contribution >= 4 is 22.6 Å². The number of H-pyrrole nitrogens is 1. The highest BCUT2D eigenvalue weighted by molar-refractivity contribution is 14.1. The van der Waals surface area contributed by atoms with Crippen molar-refractivity contribution in [2.45, 2.75) is 127 Å². The van der Waals surface area contributed by atoms with Crippen LogP contribution < -0.4 is 11.2 Å². The molecule has 2 rings (SSSR count). The van der Waals surface area contributed by atoms with Crippen molar-refractivity contribution in [3.8, 4) is 0 Å². The molecule has 1 aromatic rings. The van der Waals surface area contributed by atoms with Crippen LogP contribution >= 0.6 is 22.6 Å². The molecule has 38 heavy (non-hydrogen) atoms. The molecule has 1 aromatic heterocycles. The highest BCUT2D eigenvalue weighted by Crippen LogP contribution is 2.44. The van der Waals surface area contributed by atoms with Crippen molar-refractivity contribution in [2.24, 2.45) is 0 Å². The van der Waals surface area contributed by atoms with Crippen molar-refractivity contribution in [2.75, 3.05) is 6.61 Å². The van der Waals surface area contributed by atoms with Gasteiger partial charge in [0.1, 0.15) is 12.2 Å². The molecule has 1 fully saturated rings. The summed E-state index contributed by atoms with van der Waals surface area (Å²) in [6, 6.07) is 0. The lowest BCUT2D eigenvalue weighted by molar-refractivity contribution is -0.428. The molecule has 0 aliphatic carbocycles. The number of hydroxylamine groups is 2. The zero-order chi connectivity index (χ0) is 28.3. The number of rotatable bonds is 18. The molecule has 11 nitrogen and oxygen atoms in total. The zero-order valence-corrected chi connectivity index (χ0v) is 24.2. The molecule has 0 bridgehead atoms. The Kier molecular flexibility index (Phi) is 13.8. The van der Waals surface area contributed by atoms with Crippen LogP contribution in [0.1, 0.15) is 96.8 Å². The van der Waals surface area contributed by atoms with Gasteiger partial charge < -0.3 is 30.4 Å². The van der Waals surface area contributed by atoms with Crippen molar-refractivity contribution in [3.05, 3.63) is 30.6 Å². The molecule has 0 radical (unpaired) electrons. The molecule has 1 aliphatic heterocycles. The monoisotopic (exact) mass is 659 g/mol. The average Bonchev–Trinajstić information content (AvgIpc) is 3.10. The van der Waals surface area contributed by atoms with Gasteiger partial charge in [0.05, 0.1) is 10.2 Å². The molecule has 0 aromatic carbocycles. The standard InChI is InChI=1S/C25H43FIN3O8/c1-2-3-4-5-6-7-8-9-10-11-12-13-14-15-20(26)30(37)24(35)21(32)19(17-31)38-25(24,36)29-16-18(27)22(33)28-23(29)34/h16,19-21,31-32,35-37H,2-15,17H2,1H3,(H,28,33,34)/t19-,20?,21-,24-,25+/m1/s1. The second kappa shape index (κ2) is 15.7. The first-order valence-corrected chi connectivity index (χ1v) is 14.7. The van der Waals surface area contributed by atoms with Gasteiger partial charge in [-0.2, -0.15) is 0 Å². The number of nitrogens with zero attached hydrogens (tertiary/aromatic N) is 2. The van der Waals surface area contributed by atoms with Crippen LogP contribution in [0.15, 0.2) is 15.8 Å². The topological polar surface area (TPSA) is 168 Å². The second-order valence-electron chi connectivity index (χ2n) is 10.0. The first kappa shape index (κ1) is 33.3. The van der Waals surface area contributed by atoms with Gasteiger partial charge in [-0.1, -0.05) is 84.0 Å². The van der Waals surface area contributed by atoms with Crippen LogP contribution in [0.2, 0.25) is 0 Å². The number of hydrogen-bond donors (Lipinski definition) is 6. The molecule has 0 spiro atoms. The average molecular weight is 660 g/mol. The third-order valence-corrected chi connectivity index (χ3v) is 7.89. The van der Waals surface area contributed by atoms with Crippen LogP contribution in [-0.2, 0) is 10.6 Å². The van der Waals surface area contributed by atoms with Crippen LogP contribution in [0.25, 0.3) is 0 Å². The summed E-state index contributed by atoms with van der Waals surface area (Å²) in [4.78, 5) is 26.0. The Bertz CT molecular complexity index is 965. The maximum absolute atomic E-state index is 15.1. The molecule has 220 valence electrons. The zero-order valence-electron chi connectivity index (χ0n) is 22.0. The van der Waals surface area contributed by atoms with E-state index in [9.17, 15) is 35.2 Å². The van der Waals surface area contributed by atoms with E-state index in [0.29, 0.717) is 17.4 Å². The molecule has 13 heteroatoms. The van der Waals surface area contributed by atoms with E-state index in [1.807, 2.05) is 4.98 Å². The molecular weight excluding hydrogens is 616 g/mol. The summed E-state index contributed by atoms with van der Waals surface area (Å²) < 4.78 is 20.4. The molecule has 0 saturated carbocycles. The van der Waals surface area contributed by atoms with Crippen LogP contribution in [0, 0.1) is 3.57 Å². The van der Waals surface area contributed by atoms with E-state index in [2.05, 4.69) is 6.92 Å². The van der Waals surface area contributed by atoms with Gasteiger partial charge in [-0.3, -0.25) is 9.78 Å². The molecule has 1 aliphatic rings. The summed E-state index contributed by atoms with van der Waals surface area (Å²) in [5.41, 5.74) is -5.33. The maximum atomic E-state index is 15.1. The summed E-state index contributed by atoms with van der Waals surface area (Å²) >= 11 is 1.55. The second-order valence-corrected chi connectivity index (χ2v) is 11.2. The molecule has 2 heterocycles. The molecule has 1 saturated heterocycles. The van der Waals surface area contributed by atoms with E-state index in [1.165, 1.54) is 51.4 Å². The number of alkyl halides is 1. The number of aromatic amines is 1. The van der Waals surface area contributed by atoms with Gasteiger partial charge in [0, 0.05) is 6.20 Å². The summed E-state index contributed by atoms with van der Waals surface area (Å²) in [6.07, 6.45) is 8.59. The van der Waals surface area contributed by atoms with Crippen molar-refractivity contribution in [1.82, 2.24) is 14.6 Å². The quantitative estimate of drug-likeness (QED) is 0.0457. The van der Waals surface area contributed by atoms with Gasteiger partial charge in [0.25, 0.3) is 5.56 Å². The van der Waals surface area contributed by atoms with Gasteiger partial charge in [0.15, 0.2) is 6.30 Å². The number of unbranched alkanes of at least 4 members (excludes halogenated alkanes) is 12. The van der Waals surface area contributed by atoms with Crippen LogP contribution in [0.4, 0.5) is 4.39 Å². The van der Waals surface area contributed by atoms with Crippen LogP contribution in [0.5, 0.6) is 0 Å². The van der Waals surface area contributed by atoms with Gasteiger partial charge in [-0.25, -0.2) is 13.8 Å². The van der Waals surface area contributed by atoms with Crippen LogP contribution in [0.3, 0.4) is 0 Å². The molecule has 1 unspecified atom stereocenters. The predicted molar refractivity (Wildman–Crippen MR) is 146 cm³/mol. The van der Waals surface area contributed by atoms with Gasteiger partial charge >= 0.3 is 11.6 Å². The summed E-state index contributed by atoms with van der Waals surface area (Å²) in [5, 5.41) is 52.8. The van der Waals surface area contributed by atoms with Gasteiger partial charge in [0.2, 0.25) is 5.72 Å².